The van der Waals surface area contributed by atoms with Crippen molar-refractivity contribution >= 4 is 33.2 Å². The Morgan fingerprint density at radius 3 is 2.45 bits per heavy atom. The fraction of sp³-hybridized carbons (Fsp3) is 0.435. The van der Waals surface area contributed by atoms with E-state index >= 15 is 0 Å². The molecule has 0 heterocycles. The maximum absolute atomic E-state index is 13.6. The summed E-state index contributed by atoms with van der Waals surface area (Å²) in [4.78, 5) is 13.1. The first-order chi connectivity index (χ1) is 14.6. The van der Waals surface area contributed by atoms with Crippen molar-refractivity contribution in [3.05, 3.63) is 63.9 Å². The summed E-state index contributed by atoms with van der Waals surface area (Å²) in [7, 11) is -3.83. The number of rotatable bonds is 7. The van der Waals surface area contributed by atoms with Crippen LogP contribution in [0.25, 0.3) is 0 Å². The minimum atomic E-state index is -3.83. The van der Waals surface area contributed by atoms with E-state index in [1.54, 1.807) is 6.92 Å². The maximum atomic E-state index is 13.6. The molecule has 2 atom stereocenters. The van der Waals surface area contributed by atoms with E-state index in [4.69, 9.17) is 11.6 Å². The maximum Gasteiger partial charge on any atom is 0.244 e. The van der Waals surface area contributed by atoms with Crippen LogP contribution in [0.15, 0.2) is 36.4 Å². The standard InChI is InChI=1S/C23H28ClFN2O3S/c1-4-22(27(31(3,29)30)19-11-12-21(25)20(24)14-19)23(28)26-15(2)17-10-9-16-7-5-6-8-18(16)13-17/h9-15,22H,4-8H2,1-3H3,(H,26,28)/t15-,22-/m0/s1. The molecule has 3 rings (SSSR count). The van der Waals surface area contributed by atoms with Crippen LogP contribution >= 0.6 is 11.6 Å². The molecule has 5 nitrogen and oxygen atoms in total. The highest BCUT2D eigenvalue weighted by Gasteiger charge is 2.32. The van der Waals surface area contributed by atoms with E-state index in [1.807, 2.05) is 13.0 Å². The highest BCUT2D eigenvalue weighted by atomic mass is 35.5. The van der Waals surface area contributed by atoms with Gasteiger partial charge in [0.2, 0.25) is 15.9 Å². The van der Waals surface area contributed by atoms with Crippen LogP contribution in [0.2, 0.25) is 5.02 Å². The van der Waals surface area contributed by atoms with Crippen molar-refractivity contribution < 1.29 is 17.6 Å². The lowest BCUT2D eigenvalue weighted by Crippen LogP contribution is -2.49. The van der Waals surface area contributed by atoms with Gasteiger partial charge < -0.3 is 5.32 Å². The van der Waals surface area contributed by atoms with Gasteiger partial charge in [0, 0.05) is 0 Å². The number of benzene rings is 2. The molecular formula is C23H28ClFN2O3S. The number of nitrogens with zero attached hydrogens (tertiary/aromatic N) is 1. The molecule has 0 fully saturated rings. The second-order valence-corrected chi connectivity index (χ2v) is 10.3. The molecule has 0 spiro atoms. The minimum Gasteiger partial charge on any atom is -0.348 e. The first-order valence-electron chi connectivity index (χ1n) is 10.5. The molecular weight excluding hydrogens is 439 g/mol. The molecule has 0 aliphatic heterocycles. The Bertz CT molecular complexity index is 1070. The molecule has 0 unspecified atom stereocenters. The van der Waals surface area contributed by atoms with Gasteiger partial charge in [-0.3, -0.25) is 9.10 Å². The molecule has 0 bridgehead atoms. The monoisotopic (exact) mass is 466 g/mol. The third-order valence-corrected chi connectivity index (χ3v) is 7.19. The normalized spacial score (nSPS) is 15.6. The Hall–Kier alpha value is -2.12. The molecule has 2 aromatic rings. The van der Waals surface area contributed by atoms with Gasteiger partial charge in [0.05, 0.1) is 23.0 Å². The number of hydrogen-bond donors (Lipinski definition) is 1. The van der Waals surface area contributed by atoms with Gasteiger partial charge in [-0.2, -0.15) is 0 Å². The Kier molecular flexibility index (Phi) is 7.27. The molecule has 8 heteroatoms. The lowest BCUT2D eigenvalue weighted by molar-refractivity contribution is -0.122. The number of anilines is 1. The van der Waals surface area contributed by atoms with Gasteiger partial charge in [0.25, 0.3) is 0 Å². The van der Waals surface area contributed by atoms with Gasteiger partial charge in [-0.25, -0.2) is 12.8 Å². The first kappa shape index (κ1) is 23.5. The Labute approximate surface area is 188 Å². The van der Waals surface area contributed by atoms with E-state index in [1.165, 1.54) is 36.1 Å². The van der Waals surface area contributed by atoms with Crippen LogP contribution in [-0.4, -0.2) is 26.6 Å². The largest absolute Gasteiger partial charge is 0.348 e. The van der Waals surface area contributed by atoms with E-state index in [0.29, 0.717) is 0 Å². The van der Waals surface area contributed by atoms with Crippen LogP contribution in [0.3, 0.4) is 0 Å². The number of carbonyl (C=O) groups excluding carboxylic acids is 1. The van der Waals surface area contributed by atoms with Crippen LogP contribution in [0.1, 0.15) is 55.8 Å². The minimum absolute atomic E-state index is 0.150. The van der Waals surface area contributed by atoms with Crippen molar-refractivity contribution in [2.24, 2.45) is 0 Å². The molecule has 1 aliphatic rings. The van der Waals surface area contributed by atoms with Crippen molar-refractivity contribution in [3.8, 4) is 0 Å². The lowest BCUT2D eigenvalue weighted by Gasteiger charge is -2.31. The average Bonchev–Trinajstić information content (AvgIpc) is 2.72. The predicted molar refractivity (Wildman–Crippen MR) is 122 cm³/mol. The molecule has 168 valence electrons. The number of amides is 1. The van der Waals surface area contributed by atoms with Gasteiger partial charge in [-0.05, 0) is 73.9 Å². The number of nitrogens with one attached hydrogen (secondary N) is 1. The smallest absolute Gasteiger partial charge is 0.244 e. The molecule has 0 saturated heterocycles. The highest BCUT2D eigenvalue weighted by molar-refractivity contribution is 7.92. The zero-order valence-corrected chi connectivity index (χ0v) is 19.6. The SMILES string of the molecule is CC[C@@H](C(=O)N[C@@H](C)c1ccc2c(c1)CCCC2)N(c1ccc(F)c(Cl)c1)S(C)(=O)=O. The summed E-state index contributed by atoms with van der Waals surface area (Å²) < 4.78 is 39.7. The molecule has 1 N–H and O–H groups in total. The fourth-order valence-electron chi connectivity index (χ4n) is 4.10. The summed E-state index contributed by atoms with van der Waals surface area (Å²) >= 11 is 5.86. The number of carbonyl (C=O) groups is 1. The molecule has 0 aromatic heterocycles. The molecule has 0 radical (unpaired) electrons. The van der Waals surface area contributed by atoms with Crippen LogP contribution in [0.4, 0.5) is 10.1 Å². The molecule has 0 saturated carbocycles. The van der Waals surface area contributed by atoms with Gasteiger partial charge in [0.15, 0.2) is 0 Å². The average molecular weight is 467 g/mol. The highest BCUT2D eigenvalue weighted by Crippen LogP contribution is 2.28. The van der Waals surface area contributed by atoms with Gasteiger partial charge >= 0.3 is 0 Å². The predicted octanol–water partition coefficient (Wildman–Crippen LogP) is 4.78. The third-order valence-electron chi connectivity index (χ3n) is 5.72. The third kappa shape index (κ3) is 5.39. The van der Waals surface area contributed by atoms with Crippen molar-refractivity contribution in [2.75, 3.05) is 10.6 Å². The molecule has 1 aliphatic carbocycles. The van der Waals surface area contributed by atoms with Crippen molar-refractivity contribution in [3.63, 3.8) is 0 Å². The number of aryl methyl sites for hydroxylation is 2. The van der Waals surface area contributed by atoms with E-state index < -0.39 is 27.8 Å². The van der Waals surface area contributed by atoms with Crippen LogP contribution in [0, 0.1) is 5.82 Å². The van der Waals surface area contributed by atoms with Crippen LogP contribution < -0.4 is 9.62 Å². The van der Waals surface area contributed by atoms with Crippen molar-refractivity contribution in [1.82, 2.24) is 5.32 Å². The van der Waals surface area contributed by atoms with Gasteiger partial charge in [-0.1, -0.05) is 36.7 Å². The van der Waals surface area contributed by atoms with Crippen molar-refractivity contribution in [2.45, 2.75) is 58.0 Å². The number of sulfonamides is 1. The second kappa shape index (κ2) is 9.57. The molecule has 1 amide bonds. The summed E-state index contributed by atoms with van der Waals surface area (Å²) in [6.07, 6.45) is 5.74. The summed E-state index contributed by atoms with van der Waals surface area (Å²) in [5, 5.41) is 2.75. The summed E-state index contributed by atoms with van der Waals surface area (Å²) in [6.45, 7) is 3.62. The second-order valence-electron chi connectivity index (χ2n) is 8.05. The van der Waals surface area contributed by atoms with E-state index in [-0.39, 0.29) is 23.2 Å². The summed E-state index contributed by atoms with van der Waals surface area (Å²) in [5.41, 5.74) is 3.81. The van der Waals surface area contributed by atoms with E-state index in [2.05, 4.69) is 17.4 Å². The van der Waals surface area contributed by atoms with E-state index in [9.17, 15) is 17.6 Å². The Morgan fingerprint density at radius 1 is 1.16 bits per heavy atom. The number of hydrogen-bond acceptors (Lipinski definition) is 3. The van der Waals surface area contributed by atoms with Gasteiger partial charge in [-0.15, -0.1) is 0 Å². The Balaban J connectivity index is 1.85. The zero-order chi connectivity index (χ0) is 22.8. The van der Waals surface area contributed by atoms with E-state index in [0.717, 1.165) is 35.0 Å². The summed E-state index contributed by atoms with van der Waals surface area (Å²) in [6, 6.07) is 8.62. The zero-order valence-electron chi connectivity index (χ0n) is 18.0. The number of fused-ring (bicyclic) bond motifs is 1. The quantitative estimate of drug-likeness (QED) is 0.638. The van der Waals surface area contributed by atoms with Crippen LogP contribution in [0.5, 0.6) is 0 Å². The summed E-state index contributed by atoms with van der Waals surface area (Å²) in [5.74, 6) is -1.07. The van der Waals surface area contributed by atoms with Gasteiger partial charge in [0.1, 0.15) is 11.9 Å². The Morgan fingerprint density at radius 2 is 1.84 bits per heavy atom. The number of halogens is 2. The first-order valence-corrected chi connectivity index (χ1v) is 12.7. The molecule has 2 aromatic carbocycles. The van der Waals surface area contributed by atoms with Crippen LogP contribution in [-0.2, 0) is 27.7 Å². The van der Waals surface area contributed by atoms with Crippen molar-refractivity contribution in [1.29, 1.82) is 0 Å². The topological polar surface area (TPSA) is 66.5 Å². The molecule has 31 heavy (non-hydrogen) atoms. The fourth-order valence-corrected chi connectivity index (χ4v) is 5.48. The lowest BCUT2D eigenvalue weighted by atomic mass is 9.89.